The molecule has 0 rings (SSSR count). The van der Waals surface area contributed by atoms with E-state index in [1.165, 1.54) is 70.6 Å². The highest BCUT2D eigenvalue weighted by Crippen LogP contribution is 2.13. The molecule has 0 heterocycles. The van der Waals surface area contributed by atoms with Gasteiger partial charge in [0.2, 0.25) is 6.29 Å². The van der Waals surface area contributed by atoms with Crippen molar-refractivity contribution in [2.24, 2.45) is 0 Å². The quantitative estimate of drug-likeness (QED) is 0.392. The molecule has 18 heavy (non-hydrogen) atoms. The summed E-state index contributed by atoms with van der Waals surface area (Å²) < 4.78 is 0. The van der Waals surface area contributed by atoms with Crippen LogP contribution in [0.15, 0.2) is 0 Å². The molecule has 0 bridgehead atoms. The van der Waals surface area contributed by atoms with Gasteiger partial charge in [0.25, 0.3) is 0 Å². The Labute approximate surface area is 114 Å². The van der Waals surface area contributed by atoms with Crippen molar-refractivity contribution in [1.82, 2.24) is 0 Å². The van der Waals surface area contributed by atoms with Crippen LogP contribution in [0, 0.1) is 6.29 Å². The standard InChI is InChI=1S/C16H33O2/c1-2-3-4-5-6-7-8-9-10-11-12-13-14-15-16(17)18/h17-18H,2-15H2,1H3. The Bertz CT molecular complexity index is 146. The molecule has 0 aromatic heterocycles. The van der Waals surface area contributed by atoms with E-state index in [2.05, 4.69) is 6.92 Å². The largest absolute Gasteiger partial charge is 0.361 e. The summed E-state index contributed by atoms with van der Waals surface area (Å²) in [4.78, 5) is 0. The zero-order valence-electron chi connectivity index (χ0n) is 12.3. The van der Waals surface area contributed by atoms with Crippen LogP contribution < -0.4 is 0 Å². The van der Waals surface area contributed by atoms with E-state index in [1.807, 2.05) is 0 Å². The Kier molecular flexibility index (Phi) is 14.9. The third-order valence-electron chi connectivity index (χ3n) is 3.50. The van der Waals surface area contributed by atoms with E-state index < -0.39 is 6.29 Å². The van der Waals surface area contributed by atoms with Crippen LogP contribution in [0.25, 0.3) is 0 Å². The fraction of sp³-hybridized carbons (Fsp3) is 0.938. The molecule has 0 saturated carbocycles. The molecular formula is C16H33O2. The van der Waals surface area contributed by atoms with Gasteiger partial charge in [0, 0.05) is 6.42 Å². The second-order valence-corrected chi connectivity index (χ2v) is 5.41. The van der Waals surface area contributed by atoms with Crippen LogP contribution in [0.5, 0.6) is 0 Å². The molecule has 0 aromatic carbocycles. The van der Waals surface area contributed by atoms with Gasteiger partial charge in [-0.2, -0.15) is 0 Å². The maximum atomic E-state index is 8.60. The summed E-state index contributed by atoms with van der Waals surface area (Å²) >= 11 is 0. The van der Waals surface area contributed by atoms with Gasteiger partial charge in [-0.3, -0.25) is 0 Å². The predicted octanol–water partition coefficient (Wildman–Crippen LogP) is 5.70. The summed E-state index contributed by atoms with van der Waals surface area (Å²) in [6.07, 6.45) is 17.2. The molecule has 0 aliphatic carbocycles. The summed E-state index contributed by atoms with van der Waals surface area (Å²) in [7, 11) is 0. The first-order valence-corrected chi connectivity index (χ1v) is 8.01. The fourth-order valence-electron chi connectivity index (χ4n) is 2.30. The van der Waals surface area contributed by atoms with Crippen molar-refractivity contribution < 1.29 is 10.2 Å². The Morgan fingerprint density at radius 3 is 1.22 bits per heavy atom. The molecule has 0 saturated heterocycles. The van der Waals surface area contributed by atoms with Crippen molar-refractivity contribution in [2.45, 2.75) is 96.8 Å². The molecule has 0 fully saturated rings. The van der Waals surface area contributed by atoms with E-state index in [0.29, 0.717) is 6.42 Å². The van der Waals surface area contributed by atoms with Crippen LogP contribution in [-0.2, 0) is 0 Å². The number of aliphatic hydroxyl groups excluding tert-OH is 1. The highest BCUT2D eigenvalue weighted by molar-refractivity contribution is 4.57. The van der Waals surface area contributed by atoms with Gasteiger partial charge in [0.05, 0.1) is 0 Å². The van der Waals surface area contributed by atoms with Crippen molar-refractivity contribution in [3.8, 4) is 0 Å². The number of hydrogen-bond donors (Lipinski definition) is 2. The van der Waals surface area contributed by atoms with Crippen LogP contribution in [0.4, 0.5) is 0 Å². The van der Waals surface area contributed by atoms with Crippen molar-refractivity contribution in [1.29, 1.82) is 0 Å². The molecule has 0 aliphatic heterocycles. The third-order valence-corrected chi connectivity index (χ3v) is 3.50. The molecule has 2 nitrogen and oxygen atoms in total. The molecule has 0 aromatic rings. The molecule has 0 spiro atoms. The zero-order valence-corrected chi connectivity index (χ0v) is 12.3. The lowest BCUT2D eigenvalue weighted by atomic mass is 10.0. The van der Waals surface area contributed by atoms with Crippen molar-refractivity contribution >= 4 is 0 Å². The van der Waals surface area contributed by atoms with Gasteiger partial charge in [-0.15, -0.1) is 0 Å². The lowest BCUT2D eigenvalue weighted by molar-refractivity contribution is 0.0704. The monoisotopic (exact) mass is 257 g/mol. The predicted molar refractivity (Wildman–Crippen MR) is 77.4 cm³/mol. The Hall–Kier alpha value is -0.0800. The maximum absolute atomic E-state index is 8.60. The van der Waals surface area contributed by atoms with Crippen molar-refractivity contribution in [3.05, 3.63) is 6.29 Å². The maximum Gasteiger partial charge on any atom is 0.218 e. The number of hydrogen-bond acceptors (Lipinski definition) is 2. The topological polar surface area (TPSA) is 40.5 Å². The third kappa shape index (κ3) is 15.9. The van der Waals surface area contributed by atoms with Gasteiger partial charge in [-0.25, -0.2) is 0 Å². The minimum Gasteiger partial charge on any atom is -0.361 e. The number of aliphatic hydroxyl groups is 2. The normalized spacial score (nSPS) is 11.3. The van der Waals surface area contributed by atoms with Crippen LogP contribution in [-0.4, -0.2) is 10.2 Å². The van der Waals surface area contributed by atoms with E-state index in [9.17, 15) is 0 Å². The Morgan fingerprint density at radius 1 is 0.556 bits per heavy atom. The van der Waals surface area contributed by atoms with E-state index in [4.69, 9.17) is 10.2 Å². The van der Waals surface area contributed by atoms with E-state index in [-0.39, 0.29) is 0 Å². The van der Waals surface area contributed by atoms with Crippen LogP contribution in [0.2, 0.25) is 0 Å². The second kappa shape index (κ2) is 15.0. The van der Waals surface area contributed by atoms with Gasteiger partial charge in [0.15, 0.2) is 0 Å². The Morgan fingerprint density at radius 2 is 0.889 bits per heavy atom. The molecule has 1 radical (unpaired) electrons. The van der Waals surface area contributed by atoms with E-state index in [0.717, 1.165) is 12.8 Å². The first-order chi connectivity index (χ1) is 8.77. The number of rotatable bonds is 14. The van der Waals surface area contributed by atoms with Gasteiger partial charge >= 0.3 is 0 Å². The summed E-state index contributed by atoms with van der Waals surface area (Å²) in [5, 5.41) is 17.2. The van der Waals surface area contributed by atoms with E-state index >= 15 is 0 Å². The second-order valence-electron chi connectivity index (χ2n) is 5.41. The van der Waals surface area contributed by atoms with Crippen LogP contribution in [0.3, 0.4) is 0 Å². The average molecular weight is 257 g/mol. The summed E-state index contributed by atoms with van der Waals surface area (Å²) in [6.45, 7) is 2.26. The molecule has 0 unspecified atom stereocenters. The molecular weight excluding hydrogens is 224 g/mol. The van der Waals surface area contributed by atoms with Crippen LogP contribution in [0.1, 0.15) is 96.8 Å². The van der Waals surface area contributed by atoms with Gasteiger partial charge in [-0.05, 0) is 6.42 Å². The highest BCUT2D eigenvalue weighted by Gasteiger charge is 1.98. The van der Waals surface area contributed by atoms with Gasteiger partial charge in [-0.1, -0.05) is 84.0 Å². The molecule has 0 amide bonds. The zero-order chi connectivity index (χ0) is 13.5. The van der Waals surface area contributed by atoms with Crippen LogP contribution >= 0.6 is 0 Å². The van der Waals surface area contributed by atoms with Gasteiger partial charge in [0.1, 0.15) is 0 Å². The minimum absolute atomic E-state index is 0.405. The van der Waals surface area contributed by atoms with Crippen molar-refractivity contribution in [2.75, 3.05) is 0 Å². The SMILES string of the molecule is CCCCCCCCCCCCCCC[C](O)O. The summed E-state index contributed by atoms with van der Waals surface area (Å²) in [5.74, 6) is 0. The molecule has 0 aliphatic rings. The Balaban J connectivity index is 2.90. The molecule has 109 valence electrons. The first-order valence-electron chi connectivity index (χ1n) is 8.01. The first kappa shape index (κ1) is 17.9. The summed E-state index contributed by atoms with van der Waals surface area (Å²) in [5.41, 5.74) is 0. The highest BCUT2D eigenvalue weighted by atomic mass is 16.5. The minimum atomic E-state index is -0.405. The molecule has 2 heteroatoms. The van der Waals surface area contributed by atoms with Gasteiger partial charge < -0.3 is 10.2 Å². The average Bonchev–Trinajstić information content (AvgIpc) is 2.34. The van der Waals surface area contributed by atoms with E-state index in [1.54, 1.807) is 0 Å². The summed E-state index contributed by atoms with van der Waals surface area (Å²) in [6, 6.07) is 0. The molecule has 2 N–H and O–H groups in total. The lowest BCUT2D eigenvalue weighted by Gasteiger charge is -2.03. The van der Waals surface area contributed by atoms with Crippen molar-refractivity contribution in [3.63, 3.8) is 0 Å². The number of unbranched alkanes of at least 4 members (excludes halogenated alkanes) is 12. The smallest absolute Gasteiger partial charge is 0.218 e. The lowest BCUT2D eigenvalue weighted by Crippen LogP contribution is -1.92. The fourth-order valence-corrected chi connectivity index (χ4v) is 2.30. The molecule has 0 atom stereocenters.